The molecule has 2 aliphatic rings. The number of benzene rings is 1. The second-order valence-corrected chi connectivity index (χ2v) is 6.10. The Morgan fingerprint density at radius 1 is 1.16 bits per heavy atom. The number of nitrogens with zero attached hydrogens (tertiary/aromatic N) is 1. The van der Waals surface area contributed by atoms with E-state index in [2.05, 4.69) is 43.4 Å². The Labute approximate surface area is 115 Å². The fraction of sp³-hybridized carbons (Fsp3) is 0.562. The predicted molar refractivity (Wildman–Crippen MR) is 75.7 cm³/mol. The molecule has 2 unspecified atom stereocenters. The van der Waals surface area contributed by atoms with Gasteiger partial charge in [0, 0.05) is 19.6 Å². The normalized spacial score (nSPS) is 30.2. The first-order valence-electron chi connectivity index (χ1n) is 7.24. The highest BCUT2D eigenvalue weighted by Gasteiger charge is 2.34. The monoisotopic (exact) mass is 258 g/mol. The van der Waals surface area contributed by atoms with Crippen LogP contribution in [0.25, 0.3) is 0 Å². The van der Waals surface area contributed by atoms with Crippen LogP contribution in [0.2, 0.25) is 0 Å². The zero-order valence-corrected chi connectivity index (χ0v) is 11.7. The Hall–Kier alpha value is -1.35. The van der Waals surface area contributed by atoms with Gasteiger partial charge in [-0.15, -0.1) is 0 Å². The van der Waals surface area contributed by atoms with Crippen LogP contribution in [0.5, 0.6) is 0 Å². The third kappa shape index (κ3) is 2.39. The minimum absolute atomic E-state index is 0.0348. The average molecular weight is 258 g/mol. The number of rotatable bonds is 1. The summed E-state index contributed by atoms with van der Waals surface area (Å²) in [6.07, 6.45) is 0.828. The van der Waals surface area contributed by atoms with Gasteiger partial charge in [0.1, 0.15) is 0 Å². The largest absolute Gasteiger partial charge is 0.341 e. The molecule has 1 aromatic rings. The van der Waals surface area contributed by atoms with Crippen LogP contribution in [0, 0.1) is 11.8 Å². The summed E-state index contributed by atoms with van der Waals surface area (Å²) < 4.78 is 0. The third-order valence-corrected chi connectivity index (χ3v) is 4.68. The SMILES string of the molecule is CC1CN(C(=O)[C@@H]2Cc3ccccc3CN2)CC1C. The van der Waals surface area contributed by atoms with Crippen LogP contribution in [-0.2, 0) is 17.8 Å². The summed E-state index contributed by atoms with van der Waals surface area (Å²) in [4.78, 5) is 14.6. The summed E-state index contributed by atoms with van der Waals surface area (Å²) in [6.45, 7) is 7.12. The van der Waals surface area contributed by atoms with Gasteiger partial charge < -0.3 is 10.2 Å². The summed E-state index contributed by atoms with van der Waals surface area (Å²) in [5.74, 6) is 1.53. The van der Waals surface area contributed by atoms with Crippen molar-refractivity contribution in [2.24, 2.45) is 11.8 Å². The molecule has 0 spiro atoms. The molecular formula is C16H22N2O. The van der Waals surface area contributed by atoms with Crippen molar-refractivity contribution in [2.45, 2.75) is 32.9 Å². The molecule has 3 rings (SSSR count). The number of nitrogens with one attached hydrogen (secondary N) is 1. The highest BCUT2D eigenvalue weighted by atomic mass is 16.2. The van der Waals surface area contributed by atoms with E-state index in [1.54, 1.807) is 0 Å². The summed E-state index contributed by atoms with van der Waals surface area (Å²) >= 11 is 0. The maximum absolute atomic E-state index is 12.6. The molecule has 0 radical (unpaired) electrons. The number of fused-ring (bicyclic) bond motifs is 1. The number of carbonyl (C=O) groups is 1. The number of hydrogen-bond donors (Lipinski definition) is 1. The number of hydrogen-bond acceptors (Lipinski definition) is 2. The van der Waals surface area contributed by atoms with Gasteiger partial charge in [0.2, 0.25) is 5.91 Å². The first-order chi connectivity index (χ1) is 9.15. The van der Waals surface area contributed by atoms with Gasteiger partial charge in [-0.05, 0) is 29.4 Å². The van der Waals surface area contributed by atoms with E-state index in [4.69, 9.17) is 0 Å². The van der Waals surface area contributed by atoms with E-state index in [9.17, 15) is 4.79 Å². The molecule has 3 nitrogen and oxygen atoms in total. The van der Waals surface area contributed by atoms with Crippen molar-refractivity contribution in [3.63, 3.8) is 0 Å². The van der Waals surface area contributed by atoms with Gasteiger partial charge in [-0.1, -0.05) is 38.1 Å². The van der Waals surface area contributed by atoms with Crippen LogP contribution in [0.4, 0.5) is 0 Å². The average Bonchev–Trinajstić information content (AvgIpc) is 2.77. The van der Waals surface area contributed by atoms with Crippen LogP contribution in [-0.4, -0.2) is 29.9 Å². The third-order valence-electron chi connectivity index (χ3n) is 4.68. The van der Waals surface area contributed by atoms with Crippen LogP contribution in [0.3, 0.4) is 0 Å². The molecule has 19 heavy (non-hydrogen) atoms. The molecule has 1 aromatic carbocycles. The van der Waals surface area contributed by atoms with Crippen molar-refractivity contribution in [3.8, 4) is 0 Å². The summed E-state index contributed by atoms with van der Waals surface area (Å²) in [7, 11) is 0. The van der Waals surface area contributed by atoms with E-state index in [-0.39, 0.29) is 11.9 Å². The van der Waals surface area contributed by atoms with Gasteiger partial charge in [0.25, 0.3) is 0 Å². The number of amides is 1. The fourth-order valence-electron chi connectivity index (χ4n) is 3.16. The molecule has 0 saturated carbocycles. The molecule has 2 heterocycles. The Bertz CT molecular complexity index is 475. The Morgan fingerprint density at radius 3 is 2.47 bits per heavy atom. The lowest BCUT2D eigenvalue weighted by atomic mass is 9.95. The van der Waals surface area contributed by atoms with Gasteiger partial charge in [-0.25, -0.2) is 0 Å². The molecule has 0 aromatic heterocycles. The van der Waals surface area contributed by atoms with Crippen LogP contribution in [0.15, 0.2) is 24.3 Å². The molecule has 1 fully saturated rings. The zero-order valence-electron chi connectivity index (χ0n) is 11.7. The molecule has 1 N–H and O–H groups in total. The lowest BCUT2D eigenvalue weighted by Crippen LogP contribution is -2.48. The summed E-state index contributed by atoms with van der Waals surface area (Å²) in [5, 5.41) is 3.39. The molecule has 102 valence electrons. The maximum Gasteiger partial charge on any atom is 0.240 e. The van der Waals surface area contributed by atoms with E-state index < -0.39 is 0 Å². The molecule has 2 aliphatic heterocycles. The quantitative estimate of drug-likeness (QED) is 0.833. The second kappa shape index (κ2) is 4.97. The first kappa shape index (κ1) is 12.7. The lowest BCUT2D eigenvalue weighted by Gasteiger charge is -2.29. The van der Waals surface area contributed by atoms with Gasteiger partial charge in [0.05, 0.1) is 6.04 Å². The Kier molecular flexibility index (Phi) is 3.31. The van der Waals surface area contributed by atoms with Gasteiger partial charge >= 0.3 is 0 Å². The minimum Gasteiger partial charge on any atom is -0.341 e. The molecule has 3 atom stereocenters. The maximum atomic E-state index is 12.6. The highest BCUT2D eigenvalue weighted by molar-refractivity contribution is 5.83. The van der Waals surface area contributed by atoms with Crippen LogP contribution in [0.1, 0.15) is 25.0 Å². The minimum atomic E-state index is -0.0348. The Balaban J connectivity index is 1.70. The van der Waals surface area contributed by atoms with Gasteiger partial charge in [0.15, 0.2) is 0 Å². The number of likely N-dealkylation sites (tertiary alicyclic amines) is 1. The predicted octanol–water partition coefficient (Wildman–Crippen LogP) is 1.82. The first-order valence-corrected chi connectivity index (χ1v) is 7.24. The fourth-order valence-corrected chi connectivity index (χ4v) is 3.16. The molecule has 0 aliphatic carbocycles. The van der Waals surface area contributed by atoms with E-state index in [1.165, 1.54) is 11.1 Å². The smallest absolute Gasteiger partial charge is 0.240 e. The van der Waals surface area contributed by atoms with E-state index in [1.807, 2.05) is 4.90 Å². The molecule has 0 bridgehead atoms. The zero-order chi connectivity index (χ0) is 13.4. The van der Waals surface area contributed by atoms with Gasteiger partial charge in [-0.3, -0.25) is 4.79 Å². The van der Waals surface area contributed by atoms with Crippen molar-refractivity contribution in [1.82, 2.24) is 10.2 Å². The molecular weight excluding hydrogens is 236 g/mol. The van der Waals surface area contributed by atoms with E-state index in [0.717, 1.165) is 26.1 Å². The van der Waals surface area contributed by atoms with Crippen molar-refractivity contribution in [3.05, 3.63) is 35.4 Å². The topological polar surface area (TPSA) is 32.3 Å². The van der Waals surface area contributed by atoms with Crippen LogP contribution >= 0.6 is 0 Å². The summed E-state index contributed by atoms with van der Waals surface area (Å²) in [6, 6.07) is 8.37. The van der Waals surface area contributed by atoms with Gasteiger partial charge in [-0.2, -0.15) is 0 Å². The van der Waals surface area contributed by atoms with Crippen molar-refractivity contribution in [1.29, 1.82) is 0 Å². The summed E-state index contributed by atoms with van der Waals surface area (Å²) in [5.41, 5.74) is 2.65. The molecule has 3 heteroatoms. The standard InChI is InChI=1S/C16H22N2O/c1-11-9-18(10-12(11)2)16(19)15-7-13-5-3-4-6-14(13)8-17-15/h3-6,11-12,15,17H,7-10H2,1-2H3/t11?,12?,15-/m0/s1. The number of carbonyl (C=O) groups excluding carboxylic acids is 1. The molecule has 1 saturated heterocycles. The van der Waals surface area contributed by atoms with Crippen molar-refractivity contribution >= 4 is 5.91 Å². The van der Waals surface area contributed by atoms with E-state index >= 15 is 0 Å². The van der Waals surface area contributed by atoms with Crippen molar-refractivity contribution < 1.29 is 4.79 Å². The van der Waals surface area contributed by atoms with Crippen molar-refractivity contribution in [2.75, 3.05) is 13.1 Å². The lowest BCUT2D eigenvalue weighted by molar-refractivity contribution is -0.132. The van der Waals surface area contributed by atoms with E-state index in [0.29, 0.717) is 11.8 Å². The highest BCUT2D eigenvalue weighted by Crippen LogP contribution is 2.24. The molecule has 1 amide bonds. The van der Waals surface area contributed by atoms with Crippen LogP contribution < -0.4 is 5.32 Å². The second-order valence-electron chi connectivity index (χ2n) is 6.10. The Morgan fingerprint density at radius 2 is 1.79 bits per heavy atom.